The van der Waals surface area contributed by atoms with Crippen molar-refractivity contribution in [2.45, 2.75) is 20.4 Å². The van der Waals surface area contributed by atoms with Crippen LogP contribution in [0.4, 0.5) is 5.82 Å². The maximum Gasteiger partial charge on any atom is 0.187 e. The van der Waals surface area contributed by atoms with Crippen molar-refractivity contribution in [3.05, 3.63) is 70.4 Å². The minimum absolute atomic E-state index is 0.0480. The van der Waals surface area contributed by atoms with E-state index in [1.807, 2.05) is 26.0 Å². The number of phenolic OH excluding ortho intramolecular Hbond substituents is 1. The fourth-order valence-electron chi connectivity index (χ4n) is 4.45. The maximum absolute atomic E-state index is 10.2. The largest absolute Gasteiger partial charge is 0.504 e. The van der Waals surface area contributed by atoms with Crippen LogP contribution in [-0.4, -0.2) is 45.3 Å². The third-order valence-electron chi connectivity index (χ3n) is 6.14. The molecule has 0 unspecified atom stereocenters. The number of fused-ring (bicyclic) bond motifs is 2. The Kier molecular flexibility index (Phi) is 5.86. The fourth-order valence-corrected chi connectivity index (χ4v) is 4.45. The van der Waals surface area contributed by atoms with E-state index in [1.54, 1.807) is 6.07 Å². The van der Waals surface area contributed by atoms with Gasteiger partial charge in [0, 0.05) is 17.5 Å². The first-order valence-corrected chi connectivity index (χ1v) is 11.4. The molecule has 0 bridgehead atoms. The third kappa shape index (κ3) is 4.19. The number of hydrogen-bond acceptors (Lipinski definition) is 7. The monoisotopic (exact) mass is 469 g/mol. The molecular formula is C27H27N5O3. The number of ether oxygens (including phenoxy) is 2. The smallest absolute Gasteiger partial charge is 0.187 e. The van der Waals surface area contributed by atoms with Crippen molar-refractivity contribution in [2.24, 2.45) is 0 Å². The Hall–Kier alpha value is -4.33. The number of aryl methyl sites for hydroxylation is 1. The minimum Gasteiger partial charge on any atom is -0.504 e. The Morgan fingerprint density at radius 1 is 1.26 bits per heavy atom. The average Bonchev–Trinajstić information content (AvgIpc) is 3.04. The van der Waals surface area contributed by atoms with Crippen molar-refractivity contribution in [2.75, 3.05) is 25.2 Å². The van der Waals surface area contributed by atoms with Crippen LogP contribution in [0.25, 0.3) is 29.1 Å². The molecule has 1 aliphatic rings. The number of imidazole rings is 1. The molecule has 2 aromatic heterocycles. The summed E-state index contributed by atoms with van der Waals surface area (Å²) in [4.78, 5) is 18.7. The van der Waals surface area contributed by atoms with Crippen LogP contribution in [0.5, 0.6) is 17.2 Å². The lowest BCUT2D eigenvalue weighted by Crippen LogP contribution is -2.26. The van der Waals surface area contributed by atoms with Gasteiger partial charge in [-0.15, -0.1) is 0 Å². The van der Waals surface area contributed by atoms with Crippen LogP contribution in [0, 0.1) is 6.92 Å². The third-order valence-corrected chi connectivity index (χ3v) is 6.14. The molecule has 0 saturated carbocycles. The Balaban J connectivity index is 1.54. The molecule has 0 spiro atoms. The first kappa shape index (κ1) is 22.5. The molecule has 35 heavy (non-hydrogen) atoms. The van der Waals surface area contributed by atoms with Crippen LogP contribution in [-0.2, 0) is 6.54 Å². The summed E-state index contributed by atoms with van der Waals surface area (Å²) in [5, 5.41) is 12.6. The van der Waals surface area contributed by atoms with Crippen LogP contribution in [0.1, 0.15) is 23.9 Å². The van der Waals surface area contributed by atoms with Gasteiger partial charge in [-0.25, -0.2) is 15.0 Å². The number of aromatic amines is 1. The highest BCUT2D eigenvalue weighted by Crippen LogP contribution is 2.37. The normalized spacial score (nSPS) is 14.5. The van der Waals surface area contributed by atoms with Crippen LogP contribution in [0.3, 0.4) is 0 Å². The first-order chi connectivity index (χ1) is 17.0. The van der Waals surface area contributed by atoms with E-state index >= 15 is 0 Å². The van der Waals surface area contributed by atoms with Crippen LogP contribution in [0.15, 0.2) is 42.7 Å². The Morgan fingerprint density at radius 2 is 2.11 bits per heavy atom. The van der Waals surface area contributed by atoms with E-state index in [0.717, 1.165) is 50.2 Å². The molecule has 8 nitrogen and oxygen atoms in total. The molecule has 5 rings (SSSR count). The molecule has 0 saturated heterocycles. The van der Waals surface area contributed by atoms with Gasteiger partial charge in [0.05, 0.1) is 24.4 Å². The zero-order chi connectivity index (χ0) is 24.5. The SMILES string of the molecule is C=c1nc(C)[nH]/c1=C/C(=C\C)c1ccc2c(c1)CN(c1ncnc3c(OC)c(O)ccc13)CCO2. The highest BCUT2D eigenvalue weighted by molar-refractivity contribution is 5.95. The van der Waals surface area contributed by atoms with Gasteiger partial charge < -0.3 is 24.5 Å². The fraction of sp³-hybridized carbons (Fsp3) is 0.222. The average molecular weight is 470 g/mol. The molecule has 3 heterocycles. The lowest BCUT2D eigenvalue weighted by molar-refractivity contribution is 0.331. The highest BCUT2D eigenvalue weighted by atomic mass is 16.5. The minimum atomic E-state index is 0.0480. The highest BCUT2D eigenvalue weighted by Gasteiger charge is 2.21. The molecule has 0 radical (unpaired) electrons. The number of hydrogen-bond donors (Lipinski definition) is 2. The number of aromatic nitrogens is 4. The molecule has 0 aliphatic carbocycles. The van der Waals surface area contributed by atoms with Gasteiger partial charge in [0.25, 0.3) is 0 Å². The van der Waals surface area contributed by atoms with Gasteiger partial charge in [0.1, 0.15) is 35.8 Å². The number of benzene rings is 2. The van der Waals surface area contributed by atoms with E-state index in [4.69, 9.17) is 9.47 Å². The second kappa shape index (κ2) is 9.13. The summed E-state index contributed by atoms with van der Waals surface area (Å²) >= 11 is 0. The second-order valence-corrected chi connectivity index (χ2v) is 8.37. The molecule has 0 amide bonds. The van der Waals surface area contributed by atoms with Crippen LogP contribution in [0.2, 0.25) is 0 Å². The molecule has 2 N–H and O–H groups in total. The van der Waals surface area contributed by atoms with Crippen molar-refractivity contribution < 1.29 is 14.6 Å². The molecule has 0 fully saturated rings. The number of phenols is 1. The molecule has 0 atom stereocenters. The summed E-state index contributed by atoms with van der Waals surface area (Å²) in [5.74, 6) is 2.85. The van der Waals surface area contributed by atoms with Crippen molar-refractivity contribution in [3.63, 3.8) is 0 Å². The van der Waals surface area contributed by atoms with E-state index in [2.05, 4.69) is 55.7 Å². The van der Waals surface area contributed by atoms with Gasteiger partial charge in [-0.05, 0) is 55.3 Å². The zero-order valence-corrected chi connectivity index (χ0v) is 20.0. The number of aromatic hydroxyl groups is 1. The summed E-state index contributed by atoms with van der Waals surface area (Å²) < 4.78 is 11.5. The molecule has 1 aliphatic heterocycles. The van der Waals surface area contributed by atoms with Crippen molar-refractivity contribution in [1.82, 2.24) is 19.9 Å². The van der Waals surface area contributed by atoms with E-state index in [-0.39, 0.29) is 5.75 Å². The number of nitrogens with one attached hydrogen (secondary N) is 1. The van der Waals surface area contributed by atoms with Gasteiger partial charge in [0.15, 0.2) is 11.5 Å². The Morgan fingerprint density at radius 3 is 2.86 bits per heavy atom. The molecule has 2 aromatic carbocycles. The van der Waals surface area contributed by atoms with Gasteiger partial charge in [-0.3, -0.25) is 0 Å². The second-order valence-electron chi connectivity index (χ2n) is 8.37. The van der Waals surface area contributed by atoms with Crippen LogP contribution < -0.4 is 25.1 Å². The van der Waals surface area contributed by atoms with Gasteiger partial charge in [-0.1, -0.05) is 18.7 Å². The van der Waals surface area contributed by atoms with Gasteiger partial charge >= 0.3 is 0 Å². The van der Waals surface area contributed by atoms with E-state index in [9.17, 15) is 5.11 Å². The van der Waals surface area contributed by atoms with E-state index in [0.29, 0.717) is 31.0 Å². The number of rotatable bonds is 4. The molecule has 178 valence electrons. The van der Waals surface area contributed by atoms with Crippen molar-refractivity contribution >= 4 is 34.9 Å². The van der Waals surface area contributed by atoms with Crippen molar-refractivity contribution in [1.29, 1.82) is 0 Å². The topological polar surface area (TPSA) is 96.4 Å². The van der Waals surface area contributed by atoms with Gasteiger partial charge in [0.2, 0.25) is 0 Å². The Bertz CT molecular complexity index is 1560. The predicted octanol–water partition coefficient (Wildman–Crippen LogP) is 3.07. The molecule has 4 aromatic rings. The number of H-pyrrole nitrogens is 1. The predicted molar refractivity (Wildman–Crippen MR) is 137 cm³/mol. The summed E-state index contributed by atoms with van der Waals surface area (Å²) in [6.07, 6.45) is 5.64. The number of anilines is 1. The lowest BCUT2D eigenvalue weighted by Gasteiger charge is -2.22. The molecule has 8 heteroatoms. The quantitative estimate of drug-likeness (QED) is 0.474. The summed E-state index contributed by atoms with van der Waals surface area (Å²) in [6, 6.07) is 9.67. The van der Waals surface area contributed by atoms with E-state index in [1.165, 1.54) is 13.4 Å². The summed E-state index contributed by atoms with van der Waals surface area (Å²) in [6.45, 7) is 9.75. The summed E-state index contributed by atoms with van der Waals surface area (Å²) in [5.41, 5.74) is 3.76. The number of nitrogens with zero attached hydrogens (tertiary/aromatic N) is 4. The van der Waals surface area contributed by atoms with Crippen molar-refractivity contribution in [3.8, 4) is 17.2 Å². The summed E-state index contributed by atoms with van der Waals surface area (Å²) in [7, 11) is 1.52. The maximum atomic E-state index is 10.2. The molecular weight excluding hydrogens is 442 g/mol. The number of methoxy groups -OCH3 is 1. The van der Waals surface area contributed by atoms with Crippen LogP contribution >= 0.6 is 0 Å². The zero-order valence-electron chi connectivity index (χ0n) is 20.0. The van der Waals surface area contributed by atoms with E-state index < -0.39 is 0 Å². The lowest BCUT2D eigenvalue weighted by atomic mass is 10.0. The Labute approximate surface area is 202 Å². The standard InChI is InChI=1S/C27H27N5O3/c1-5-18(13-22-16(2)30-17(3)31-22)19-6-9-24-20(12-19)14-32(10-11-35-24)27-21-7-8-23(33)26(34-4)25(21)28-15-29-27/h5-9,12-13,15,33H,2,10-11,14H2,1,3-4H3,(H,30,31)/b18-5+,22-13+. The number of allylic oxidation sites excluding steroid dienone is 2. The van der Waals surface area contributed by atoms with Gasteiger partial charge in [-0.2, -0.15) is 0 Å². The first-order valence-electron chi connectivity index (χ1n) is 11.4.